The summed E-state index contributed by atoms with van der Waals surface area (Å²) in [6.45, 7) is 8.70. The van der Waals surface area contributed by atoms with Crippen molar-refractivity contribution >= 4 is 28.7 Å². The summed E-state index contributed by atoms with van der Waals surface area (Å²) >= 11 is 0. The van der Waals surface area contributed by atoms with Crippen LogP contribution in [0.2, 0.25) is 0 Å². The predicted octanol–water partition coefficient (Wildman–Crippen LogP) is 3.65. The summed E-state index contributed by atoms with van der Waals surface area (Å²) in [6, 6.07) is 3.98. The molecular formula is C24H32N4O3. The van der Waals surface area contributed by atoms with Crippen LogP contribution in [0, 0.1) is 19.8 Å². The van der Waals surface area contributed by atoms with Gasteiger partial charge in [-0.15, -0.1) is 0 Å². The maximum Gasteiger partial charge on any atom is 0.360 e. The van der Waals surface area contributed by atoms with Gasteiger partial charge < -0.3 is 14.5 Å². The van der Waals surface area contributed by atoms with E-state index in [4.69, 9.17) is 9.72 Å². The summed E-state index contributed by atoms with van der Waals surface area (Å²) in [7, 11) is 0. The third-order valence-corrected chi connectivity index (χ3v) is 6.58. The summed E-state index contributed by atoms with van der Waals surface area (Å²) < 4.78 is 5.27. The number of amides is 1. The molecule has 2 fully saturated rings. The Morgan fingerprint density at radius 3 is 2.19 bits per heavy atom. The molecule has 0 radical (unpaired) electrons. The van der Waals surface area contributed by atoms with E-state index in [2.05, 4.69) is 9.88 Å². The number of esters is 1. The highest BCUT2D eigenvalue weighted by atomic mass is 16.5. The van der Waals surface area contributed by atoms with Crippen LogP contribution in [0.1, 0.15) is 60.6 Å². The SMILES string of the molecule is CCOC(=O)c1nc2cc(C)c(C)cc2nc1N1CCN(C(=O)C2CCCCC2)CC1. The molecule has 1 saturated heterocycles. The van der Waals surface area contributed by atoms with Crippen LogP contribution in [0.15, 0.2) is 12.1 Å². The normalized spacial score (nSPS) is 17.8. The summed E-state index contributed by atoms with van der Waals surface area (Å²) in [5.74, 6) is 0.576. The lowest BCUT2D eigenvalue weighted by molar-refractivity contribution is -0.136. The molecule has 7 nitrogen and oxygen atoms in total. The largest absolute Gasteiger partial charge is 0.461 e. The van der Waals surface area contributed by atoms with Gasteiger partial charge in [-0.1, -0.05) is 19.3 Å². The fourth-order valence-corrected chi connectivity index (χ4v) is 4.61. The van der Waals surface area contributed by atoms with Crippen LogP contribution in [0.25, 0.3) is 11.0 Å². The summed E-state index contributed by atoms with van der Waals surface area (Å²) in [5.41, 5.74) is 3.97. The fraction of sp³-hybridized carbons (Fsp3) is 0.583. The van der Waals surface area contributed by atoms with Gasteiger partial charge in [-0.2, -0.15) is 0 Å². The maximum atomic E-state index is 12.9. The summed E-state index contributed by atoms with van der Waals surface area (Å²) in [5, 5.41) is 0. The minimum Gasteiger partial charge on any atom is -0.461 e. The molecule has 2 aromatic rings. The molecule has 31 heavy (non-hydrogen) atoms. The number of piperazine rings is 1. The molecule has 1 aromatic carbocycles. The molecule has 1 amide bonds. The molecule has 166 valence electrons. The van der Waals surface area contributed by atoms with E-state index in [1.165, 1.54) is 6.42 Å². The fourth-order valence-electron chi connectivity index (χ4n) is 4.61. The van der Waals surface area contributed by atoms with Crippen LogP contribution < -0.4 is 4.90 Å². The van der Waals surface area contributed by atoms with Crippen molar-refractivity contribution in [3.05, 3.63) is 29.0 Å². The number of carbonyl (C=O) groups excluding carboxylic acids is 2. The molecule has 2 aliphatic rings. The molecule has 1 aromatic heterocycles. The number of aromatic nitrogens is 2. The second-order valence-electron chi connectivity index (χ2n) is 8.69. The molecule has 1 saturated carbocycles. The lowest BCUT2D eigenvalue weighted by Gasteiger charge is -2.38. The van der Waals surface area contributed by atoms with Crippen molar-refractivity contribution in [3.8, 4) is 0 Å². The van der Waals surface area contributed by atoms with Gasteiger partial charge in [0.15, 0.2) is 11.5 Å². The first-order valence-corrected chi connectivity index (χ1v) is 11.5. The van der Waals surface area contributed by atoms with Crippen molar-refractivity contribution in [1.82, 2.24) is 14.9 Å². The van der Waals surface area contributed by atoms with Crippen molar-refractivity contribution in [2.45, 2.75) is 52.9 Å². The zero-order valence-electron chi connectivity index (χ0n) is 18.8. The van der Waals surface area contributed by atoms with Crippen LogP contribution in [0.5, 0.6) is 0 Å². The number of rotatable bonds is 4. The summed E-state index contributed by atoms with van der Waals surface area (Å²) in [6.07, 6.45) is 5.59. The minimum atomic E-state index is -0.453. The third kappa shape index (κ3) is 4.50. The van der Waals surface area contributed by atoms with Crippen LogP contribution >= 0.6 is 0 Å². The highest BCUT2D eigenvalue weighted by Crippen LogP contribution is 2.28. The molecule has 7 heteroatoms. The van der Waals surface area contributed by atoms with Crippen LogP contribution in [-0.4, -0.2) is 59.5 Å². The van der Waals surface area contributed by atoms with E-state index in [-0.39, 0.29) is 18.2 Å². The standard InChI is InChI=1S/C24H32N4O3/c1-4-31-24(30)21-22(26-20-15-17(3)16(2)14-19(20)25-21)27-10-12-28(13-11-27)23(29)18-8-6-5-7-9-18/h14-15,18H,4-13H2,1-3H3. The Bertz CT molecular complexity index is 976. The van der Waals surface area contributed by atoms with E-state index in [9.17, 15) is 9.59 Å². The number of aryl methyl sites for hydroxylation is 2. The van der Waals surface area contributed by atoms with Crippen molar-refractivity contribution in [2.24, 2.45) is 5.92 Å². The average Bonchev–Trinajstić information content (AvgIpc) is 2.79. The molecular weight excluding hydrogens is 392 g/mol. The van der Waals surface area contributed by atoms with Crippen molar-refractivity contribution in [2.75, 3.05) is 37.7 Å². The molecule has 2 heterocycles. The number of hydrogen-bond acceptors (Lipinski definition) is 6. The number of fused-ring (bicyclic) bond motifs is 1. The Morgan fingerprint density at radius 2 is 1.58 bits per heavy atom. The minimum absolute atomic E-state index is 0.182. The smallest absolute Gasteiger partial charge is 0.360 e. The van der Waals surface area contributed by atoms with E-state index in [1.54, 1.807) is 6.92 Å². The van der Waals surface area contributed by atoms with Gasteiger partial charge in [0, 0.05) is 32.1 Å². The van der Waals surface area contributed by atoms with Crippen LogP contribution in [-0.2, 0) is 9.53 Å². The predicted molar refractivity (Wildman–Crippen MR) is 120 cm³/mol. The first-order chi connectivity index (χ1) is 15.0. The number of benzene rings is 1. The van der Waals surface area contributed by atoms with Gasteiger partial charge in [0.1, 0.15) is 0 Å². The molecule has 1 aliphatic heterocycles. The number of ether oxygens (including phenoxy) is 1. The van der Waals surface area contributed by atoms with Gasteiger partial charge in [0.05, 0.1) is 17.6 Å². The lowest BCUT2D eigenvalue weighted by Crippen LogP contribution is -2.51. The Labute approximate surface area is 183 Å². The highest BCUT2D eigenvalue weighted by molar-refractivity contribution is 5.95. The van der Waals surface area contributed by atoms with Gasteiger partial charge in [0.2, 0.25) is 5.91 Å². The quantitative estimate of drug-likeness (QED) is 0.698. The van der Waals surface area contributed by atoms with Gasteiger partial charge >= 0.3 is 5.97 Å². The molecule has 4 rings (SSSR count). The van der Waals surface area contributed by atoms with E-state index in [0.717, 1.165) is 42.3 Å². The van der Waals surface area contributed by atoms with Gasteiger partial charge in [-0.05, 0) is 56.9 Å². The van der Waals surface area contributed by atoms with Crippen LogP contribution in [0.4, 0.5) is 5.82 Å². The molecule has 0 atom stereocenters. The lowest BCUT2D eigenvalue weighted by atomic mass is 9.88. The van der Waals surface area contributed by atoms with Crippen molar-refractivity contribution < 1.29 is 14.3 Å². The van der Waals surface area contributed by atoms with E-state index in [0.29, 0.717) is 43.4 Å². The first-order valence-electron chi connectivity index (χ1n) is 11.5. The Balaban J connectivity index is 1.58. The Morgan fingerprint density at radius 1 is 0.968 bits per heavy atom. The number of carbonyl (C=O) groups is 2. The second kappa shape index (κ2) is 9.20. The maximum absolute atomic E-state index is 12.9. The number of hydrogen-bond donors (Lipinski definition) is 0. The zero-order valence-corrected chi connectivity index (χ0v) is 18.8. The van der Waals surface area contributed by atoms with Gasteiger partial charge in [0.25, 0.3) is 0 Å². The second-order valence-corrected chi connectivity index (χ2v) is 8.69. The molecule has 0 N–H and O–H groups in total. The van der Waals surface area contributed by atoms with E-state index < -0.39 is 5.97 Å². The molecule has 1 aliphatic carbocycles. The average molecular weight is 425 g/mol. The van der Waals surface area contributed by atoms with Crippen molar-refractivity contribution in [1.29, 1.82) is 0 Å². The molecule has 0 spiro atoms. The topological polar surface area (TPSA) is 75.6 Å². The first kappa shape index (κ1) is 21.5. The number of anilines is 1. The van der Waals surface area contributed by atoms with Crippen molar-refractivity contribution in [3.63, 3.8) is 0 Å². The monoisotopic (exact) mass is 424 g/mol. The Kier molecular flexibility index (Phi) is 6.39. The third-order valence-electron chi connectivity index (χ3n) is 6.58. The van der Waals surface area contributed by atoms with Gasteiger partial charge in [-0.3, -0.25) is 4.79 Å². The zero-order chi connectivity index (χ0) is 22.0. The van der Waals surface area contributed by atoms with Gasteiger partial charge in [-0.25, -0.2) is 14.8 Å². The summed E-state index contributed by atoms with van der Waals surface area (Å²) in [4.78, 5) is 39.1. The molecule has 0 bridgehead atoms. The highest BCUT2D eigenvalue weighted by Gasteiger charge is 2.31. The van der Waals surface area contributed by atoms with E-state index in [1.807, 2.05) is 30.9 Å². The molecule has 0 unspecified atom stereocenters. The van der Waals surface area contributed by atoms with E-state index >= 15 is 0 Å². The number of nitrogens with zero attached hydrogens (tertiary/aromatic N) is 4. The van der Waals surface area contributed by atoms with Crippen LogP contribution in [0.3, 0.4) is 0 Å². The Hall–Kier alpha value is -2.70.